The minimum Gasteiger partial charge on any atom is -0.493 e. The molecule has 310 valence electrons. The molecule has 1 unspecified atom stereocenters. The molecular weight excluding hydrogens is 767 g/mol. The lowest BCUT2D eigenvalue weighted by Crippen LogP contribution is -2.67. The number of benzene rings is 4. The van der Waals surface area contributed by atoms with Crippen LogP contribution in [0.2, 0.25) is 0 Å². The normalized spacial score (nSPS) is 32.6. The topological polar surface area (TPSA) is 96.3 Å². The number of hydrogen-bond acceptors (Lipinski definition) is 7. The van der Waals surface area contributed by atoms with Crippen molar-refractivity contribution in [2.24, 2.45) is 33.5 Å². The number of aliphatic hydroxyl groups excluding tert-OH is 1. The number of Topliss-reactive ketones (excluding diaryl/α,β-unsaturated/α-hetero) is 1. The first-order chi connectivity index (χ1) is 28.9. The van der Waals surface area contributed by atoms with Crippen LogP contribution in [0.4, 0.5) is 0 Å². The molecule has 6 aliphatic carbocycles. The molecule has 1 aromatic heterocycles. The second-order valence-electron chi connectivity index (χ2n) is 19.0. The lowest BCUT2D eigenvalue weighted by atomic mass is 9.32. The van der Waals surface area contributed by atoms with Gasteiger partial charge in [-0.15, -0.1) is 11.3 Å². The van der Waals surface area contributed by atoms with Gasteiger partial charge in [0, 0.05) is 33.1 Å². The molecule has 6 aliphatic rings. The Hall–Kier alpha value is -4.76. The third kappa shape index (κ3) is 5.66. The standard InChI is InChI=1S/C52H55NO6S/c1-48-21-18-37(54)29-50(48)24-25-52(39(30-50)47(56)43-28-35-11-6-8-15-42(35)60-43)44(48)19-22-49(2)45(52)20-23-51(49,57)32-53(31-36-13-9-12-34-10-5-7-14-38(34)36)46(55)27-33-16-17-40(58-3)41(26-33)59-4/h5-17,24-26,28,30,37,44-45,54,57H,18-23,27,29,31-32H2,1-4H3/t37?,44-,45-,48-,49+,50+,51-,52-/m1/s1. The molecule has 60 heavy (non-hydrogen) atoms. The van der Waals surface area contributed by atoms with E-state index in [1.807, 2.05) is 53.4 Å². The third-order valence-corrected chi connectivity index (χ3v) is 17.6. The van der Waals surface area contributed by atoms with Gasteiger partial charge in [0.2, 0.25) is 5.91 Å². The van der Waals surface area contributed by atoms with Crippen molar-refractivity contribution in [2.45, 2.75) is 83.5 Å². The van der Waals surface area contributed by atoms with Gasteiger partial charge in [-0.05, 0) is 114 Å². The summed E-state index contributed by atoms with van der Waals surface area (Å²) in [6.45, 7) is 5.20. The van der Waals surface area contributed by atoms with Crippen LogP contribution in [0.3, 0.4) is 0 Å². The van der Waals surface area contributed by atoms with Crippen molar-refractivity contribution < 1.29 is 29.3 Å². The maximum Gasteiger partial charge on any atom is 0.227 e. The quantitative estimate of drug-likeness (QED) is 0.108. The summed E-state index contributed by atoms with van der Waals surface area (Å²) in [5.74, 6) is 1.32. The average molecular weight is 822 g/mol. The SMILES string of the molecule is COc1ccc(CC(=O)N(Cc2cccc3ccccc23)C[C@]2(O)CC[C@H]3[C@]45C=C[C@@]6(C=C4C(=O)c4cc7ccccc7s4)CC(O)CC[C@]6(C)[C@H]5CC[C@@]32C)cc1OC. The fourth-order valence-electron chi connectivity index (χ4n) is 13.3. The molecule has 8 atom stereocenters. The molecule has 1 amide bonds. The first-order valence-electron chi connectivity index (χ1n) is 21.7. The van der Waals surface area contributed by atoms with Crippen LogP contribution in [0.15, 0.2) is 115 Å². The summed E-state index contributed by atoms with van der Waals surface area (Å²) in [5, 5.41) is 27.9. The van der Waals surface area contributed by atoms with Crippen LogP contribution in [0, 0.1) is 33.5 Å². The minimum atomic E-state index is -1.22. The maximum absolute atomic E-state index is 15.3. The zero-order valence-corrected chi connectivity index (χ0v) is 35.9. The van der Waals surface area contributed by atoms with E-state index in [2.05, 4.69) is 74.5 Å². The summed E-state index contributed by atoms with van der Waals surface area (Å²) in [5.41, 5.74) is -0.264. The number of nitrogens with zero attached hydrogens (tertiary/aromatic N) is 1. The first kappa shape index (κ1) is 39.4. The van der Waals surface area contributed by atoms with Crippen LogP contribution < -0.4 is 9.47 Å². The predicted octanol–water partition coefficient (Wildman–Crippen LogP) is 10.1. The molecule has 2 bridgehead atoms. The Balaban J connectivity index is 1.05. The van der Waals surface area contributed by atoms with Gasteiger partial charge >= 0.3 is 0 Å². The van der Waals surface area contributed by atoms with Crippen LogP contribution in [0.5, 0.6) is 11.5 Å². The summed E-state index contributed by atoms with van der Waals surface area (Å²) in [6.07, 6.45) is 11.9. The van der Waals surface area contributed by atoms with Gasteiger partial charge in [0.05, 0.1) is 43.8 Å². The van der Waals surface area contributed by atoms with Gasteiger partial charge in [-0.25, -0.2) is 0 Å². The molecule has 2 N–H and O–H groups in total. The smallest absolute Gasteiger partial charge is 0.227 e. The van der Waals surface area contributed by atoms with Crippen LogP contribution in [0.1, 0.15) is 79.6 Å². The second kappa shape index (κ2) is 14.1. The fraction of sp³-hybridized carbons (Fsp3) is 0.423. The molecule has 11 rings (SSSR count). The van der Waals surface area contributed by atoms with Crippen molar-refractivity contribution in [1.82, 2.24) is 4.90 Å². The van der Waals surface area contributed by atoms with E-state index < -0.39 is 27.9 Å². The average Bonchev–Trinajstić information content (AvgIpc) is 3.81. The van der Waals surface area contributed by atoms with Gasteiger partial charge in [0.25, 0.3) is 0 Å². The van der Waals surface area contributed by atoms with Gasteiger partial charge < -0.3 is 24.6 Å². The summed E-state index contributed by atoms with van der Waals surface area (Å²) < 4.78 is 12.2. The van der Waals surface area contributed by atoms with Crippen LogP contribution in [-0.4, -0.2) is 59.3 Å². The Bertz CT molecular complexity index is 2570. The summed E-state index contributed by atoms with van der Waals surface area (Å²) >= 11 is 1.56. The highest BCUT2D eigenvalue weighted by Crippen LogP contribution is 2.78. The number of ketones is 1. The molecule has 2 spiro atoms. The minimum absolute atomic E-state index is 0.0306. The largest absolute Gasteiger partial charge is 0.493 e. The number of thiophene rings is 1. The molecule has 1 heterocycles. The van der Waals surface area contributed by atoms with Crippen molar-refractivity contribution in [3.05, 3.63) is 131 Å². The number of rotatable bonds is 10. The Labute approximate surface area is 356 Å². The highest BCUT2D eigenvalue weighted by Gasteiger charge is 2.74. The van der Waals surface area contributed by atoms with E-state index in [9.17, 15) is 15.0 Å². The monoisotopic (exact) mass is 821 g/mol. The van der Waals surface area contributed by atoms with Crippen molar-refractivity contribution in [2.75, 3.05) is 20.8 Å². The zero-order chi connectivity index (χ0) is 41.7. The number of carbonyl (C=O) groups excluding carboxylic acids is 2. The number of hydrogen-bond donors (Lipinski definition) is 2. The number of carbonyl (C=O) groups is 2. The molecule has 0 saturated heterocycles. The molecule has 7 nitrogen and oxygen atoms in total. The van der Waals surface area contributed by atoms with E-state index in [0.717, 1.165) is 74.5 Å². The molecule has 0 radical (unpaired) electrons. The van der Waals surface area contributed by atoms with Gasteiger partial charge in [0.1, 0.15) is 0 Å². The predicted molar refractivity (Wildman–Crippen MR) is 237 cm³/mol. The fourth-order valence-corrected chi connectivity index (χ4v) is 14.3. The van der Waals surface area contributed by atoms with Crippen LogP contribution in [-0.2, 0) is 17.8 Å². The summed E-state index contributed by atoms with van der Waals surface area (Å²) in [6, 6.07) is 30.3. The Kier molecular flexibility index (Phi) is 9.29. The highest BCUT2D eigenvalue weighted by atomic mass is 32.1. The lowest BCUT2D eigenvalue weighted by molar-refractivity contribution is -0.178. The van der Waals surface area contributed by atoms with Crippen molar-refractivity contribution >= 4 is 43.9 Å². The Morgan fingerprint density at radius 2 is 1.52 bits per heavy atom. The van der Waals surface area contributed by atoms with E-state index in [0.29, 0.717) is 30.9 Å². The van der Waals surface area contributed by atoms with E-state index in [-0.39, 0.29) is 41.9 Å². The zero-order valence-electron chi connectivity index (χ0n) is 35.1. The molecule has 4 aromatic carbocycles. The summed E-state index contributed by atoms with van der Waals surface area (Å²) in [4.78, 5) is 32.7. The summed E-state index contributed by atoms with van der Waals surface area (Å²) in [7, 11) is 3.20. The van der Waals surface area contributed by atoms with Gasteiger partial charge in [-0.3, -0.25) is 9.59 Å². The maximum atomic E-state index is 15.3. The van der Waals surface area contributed by atoms with Gasteiger partial charge in [0.15, 0.2) is 17.3 Å². The van der Waals surface area contributed by atoms with E-state index in [1.54, 1.807) is 25.6 Å². The molecule has 0 aliphatic heterocycles. The lowest BCUT2D eigenvalue weighted by Gasteiger charge is -2.71. The second-order valence-corrected chi connectivity index (χ2v) is 20.1. The van der Waals surface area contributed by atoms with Crippen molar-refractivity contribution in [3.8, 4) is 11.5 Å². The van der Waals surface area contributed by atoms with Gasteiger partial charge in [-0.2, -0.15) is 0 Å². The van der Waals surface area contributed by atoms with E-state index >= 15 is 4.79 Å². The van der Waals surface area contributed by atoms with E-state index in [4.69, 9.17) is 9.47 Å². The molecule has 8 heteroatoms. The first-order valence-corrected chi connectivity index (χ1v) is 22.5. The number of allylic oxidation sites excluding steroid dienone is 4. The van der Waals surface area contributed by atoms with Crippen LogP contribution >= 0.6 is 11.3 Å². The third-order valence-electron chi connectivity index (χ3n) is 16.5. The molecular formula is C52H55NO6S. The molecule has 5 aromatic rings. The van der Waals surface area contributed by atoms with Crippen LogP contribution in [0.25, 0.3) is 20.9 Å². The Morgan fingerprint density at radius 1 is 0.800 bits per heavy atom. The van der Waals surface area contributed by atoms with Crippen molar-refractivity contribution in [1.29, 1.82) is 0 Å². The van der Waals surface area contributed by atoms with Gasteiger partial charge in [-0.1, -0.05) is 98.8 Å². The Morgan fingerprint density at radius 3 is 2.32 bits per heavy atom. The number of methoxy groups -OCH3 is 2. The van der Waals surface area contributed by atoms with Crippen molar-refractivity contribution in [3.63, 3.8) is 0 Å². The number of amides is 1. The number of aliphatic hydroxyl groups is 2. The van der Waals surface area contributed by atoms with E-state index in [1.165, 1.54) is 0 Å². The highest BCUT2D eigenvalue weighted by molar-refractivity contribution is 7.21. The molecule has 3 fully saturated rings. The molecule has 3 saturated carbocycles. The number of ether oxygens (including phenoxy) is 2. The number of fused-ring (bicyclic) bond motifs is 3.